The number of ether oxygens (including phenoxy) is 1. The van der Waals surface area contributed by atoms with Crippen molar-refractivity contribution in [3.63, 3.8) is 0 Å². The summed E-state index contributed by atoms with van der Waals surface area (Å²) in [6.45, 7) is 12.0. The zero-order valence-corrected chi connectivity index (χ0v) is 19.9. The van der Waals surface area contributed by atoms with Crippen LogP contribution in [0, 0.1) is 0 Å². The summed E-state index contributed by atoms with van der Waals surface area (Å²) >= 11 is 0. The second kappa shape index (κ2) is 12.8. The van der Waals surface area contributed by atoms with Crippen molar-refractivity contribution >= 4 is 28.1 Å². The molecule has 6 nitrogen and oxygen atoms in total. The number of hydrogen-bond donors (Lipinski definition) is 1. The standard InChI is InChI=1S/C22H33N3O3S.ClH/c1-5-13-25(14-6-2)15-16-28-22-12-9-20(17-23-22)24-29(26,27)21-10-7-19(8-11-21)18(3)4;/h7-12,17-18,24H,5-6,13-16H2,1-4H3;1H. The van der Waals surface area contributed by atoms with Gasteiger partial charge < -0.3 is 4.74 Å². The van der Waals surface area contributed by atoms with Gasteiger partial charge in [0, 0.05) is 12.6 Å². The topological polar surface area (TPSA) is 71.5 Å². The van der Waals surface area contributed by atoms with Gasteiger partial charge in [-0.3, -0.25) is 9.62 Å². The fourth-order valence-electron chi connectivity index (χ4n) is 3.02. The summed E-state index contributed by atoms with van der Waals surface area (Å²) < 4.78 is 33.4. The molecule has 0 aliphatic heterocycles. The lowest BCUT2D eigenvalue weighted by molar-refractivity contribution is 0.205. The fraction of sp³-hybridized carbons (Fsp3) is 0.500. The molecule has 0 saturated carbocycles. The Morgan fingerprint density at radius 3 is 2.13 bits per heavy atom. The fourth-order valence-corrected chi connectivity index (χ4v) is 4.06. The highest BCUT2D eigenvalue weighted by atomic mass is 35.5. The van der Waals surface area contributed by atoms with E-state index in [-0.39, 0.29) is 17.3 Å². The third kappa shape index (κ3) is 8.13. The van der Waals surface area contributed by atoms with Crippen LogP contribution in [0.5, 0.6) is 5.88 Å². The van der Waals surface area contributed by atoms with Gasteiger partial charge >= 0.3 is 0 Å². The van der Waals surface area contributed by atoms with Gasteiger partial charge in [-0.1, -0.05) is 39.8 Å². The Bertz CT molecular complexity index is 835. The van der Waals surface area contributed by atoms with Crippen molar-refractivity contribution in [3.8, 4) is 5.88 Å². The number of aromatic nitrogens is 1. The summed E-state index contributed by atoms with van der Waals surface area (Å²) in [5, 5.41) is 0. The number of nitrogens with zero attached hydrogens (tertiary/aromatic N) is 2. The molecule has 0 fully saturated rings. The van der Waals surface area contributed by atoms with Gasteiger partial charge in [-0.05, 0) is 55.6 Å². The Hall–Kier alpha value is -1.83. The van der Waals surface area contributed by atoms with E-state index >= 15 is 0 Å². The Morgan fingerprint density at radius 2 is 1.63 bits per heavy atom. The molecular formula is C22H34ClN3O3S. The van der Waals surface area contributed by atoms with Crippen molar-refractivity contribution < 1.29 is 13.2 Å². The largest absolute Gasteiger partial charge is 0.476 e. The van der Waals surface area contributed by atoms with Crippen LogP contribution in [-0.4, -0.2) is 44.5 Å². The normalized spacial score (nSPS) is 11.4. The number of rotatable bonds is 12. The van der Waals surface area contributed by atoms with Crippen LogP contribution in [0.15, 0.2) is 47.5 Å². The second-order valence-electron chi connectivity index (χ2n) is 7.40. The van der Waals surface area contributed by atoms with E-state index in [0.29, 0.717) is 24.1 Å². The Morgan fingerprint density at radius 1 is 1.00 bits per heavy atom. The van der Waals surface area contributed by atoms with Gasteiger partial charge in [-0.25, -0.2) is 13.4 Å². The van der Waals surface area contributed by atoms with Gasteiger partial charge in [0.2, 0.25) is 5.88 Å². The highest BCUT2D eigenvalue weighted by Crippen LogP contribution is 2.20. The van der Waals surface area contributed by atoms with E-state index in [0.717, 1.165) is 38.0 Å². The summed E-state index contributed by atoms with van der Waals surface area (Å²) in [6.07, 6.45) is 3.71. The first-order valence-corrected chi connectivity index (χ1v) is 11.8. The van der Waals surface area contributed by atoms with Crippen molar-refractivity contribution in [3.05, 3.63) is 48.2 Å². The zero-order chi connectivity index (χ0) is 21.3. The highest BCUT2D eigenvalue weighted by Gasteiger charge is 2.15. The lowest BCUT2D eigenvalue weighted by Gasteiger charge is -2.20. The molecule has 1 N–H and O–H groups in total. The molecule has 0 amide bonds. The van der Waals surface area contributed by atoms with Crippen LogP contribution in [0.1, 0.15) is 52.0 Å². The molecule has 8 heteroatoms. The minimum atomic E-state index is -3.65. The maximum atomic E-state index is 12.6. The molecule has 0 unspecified atom stereocenters. The van der Waals surface area contributed by atoms with Crippen LogP contribution < -0.4 is 9.46 Å². The number of sulfonamides is 1. The van der Waals surface area contributed by atoms with Crippen LogP contribution in [0.4, 0.5) is 5.69 Å². The third-order valence-electron chi connectivity index (χ3n) is 4.58. The maximum absolute atomic E-state index is 12.6. The predicted octanol–water partition coefficient (Wildman–Crippen LogP) is 4.93. The molecule has 1 aromatic heterocycles. The van der Waals surface area contributed by atoms with Crippen molar-refractivity contribution in [2.24, 2.45) is 0 Å². The van der Waals surface area contributed by atoms with Gasteiger partial charge in [0.1, 0.15) is 6.61 Å². The van der Waals surface area contributed by atoms with E-state index in [1.54, 1.807) is 24.3 Å². The number of nitrogens with one attached hydrogen (secondary N) is 1. The van der Waals surface area contributed by atoms with Crippen LogP contribution in [0.3, 0.4) is 0 Å². The van der Waals surface area contributed by atoms with Crippen molar-refractivity contribution in [1.29, 1.82) is 0 Å². The monoisotopic (exact) mass is 455 g/mol. The molecule has 0 radical (unpaired) electrons. The molecule has 0 spiro atoms. The molecule has 0 saturated heterocycles. The third-order valence-corrected chi connectivity index (χ3v) is 5.98. The van der Waals surface area contributed by atoms with Gasteiger partial charge in [-0.2, -0.15) is 0 Å². The zero-order valence-electron chi connectivity index (χ0n) is 18.3. The van der Waals surface area contributed by atoms with E-state index < -0.39 is 10.0 Å². The summed E-state index contributed by atoms with van der Waals surface area (Å²) in [4.78, 5) is 6.81. The number of pyridine rings is 1. The molecule has 0 bridgehead atoms. The van der Waals surface area contributed by atoms with Crippen LogP contribution in [0.25, 0.3) is 0 Å². The molecule has 30 heavy (non-hydrogen) atoms. The molecule has 1 aromatic carbocycles. The number of anilines is 1. The predicted molar refractivity (Wildman–Crippen MR) is 125 cm³/mol. The van der Waals surface area contributed by atoms with Gasteiger partial charge in [0.05, 0.1) is 16.8 Å². The van der Waals surface area contributed by atoms with E-state index in [2.05, 4.69) is 42.3 Å². The first-order chi connectivity index (χ1) is 13.9. The summed E-state index contributed by atoms with van der Waals surface area (Å²) in [5.41, 5.74) is 1.51. The molecule has 0 aliphatic carbocycles. The molecule has 2 rings (SSSR count). The number of benzene rings is 1. The van der Waals surface area contributed by atoms with E-state index in [9.17, 15) is 8.42 Å². The minimum Gasteiger partial charge on any atom is -0.476 e. The van der Waals surface area contributed by atoms with Crippen LogP contribution in [-0.2, 0) is 10.0 Å². The van der Waals surface area contributed by atoms with Crippen molar-refractivity contribution in [2.75, 3.05) is 31.0 Å². The molecule has 168 valence electrons. The lowest BCUT2D eigenvalue weighted by atomic mass is 10.0. The second-order valence-corrected chi connectivity index (χ2v) is 9.09. The summed E-state index contributed by atoms with van der Waals surface area (Å²) in [7, 11) is -3.65. The first kappa shape index (κ1) is 26.2. The average Bonchev–Trinajstić information content (AvgIpc) is 2.69. The SMILES string of the molecule is CCCN(CCC)CCOc1ccc(NS(=O)(=O)c2ccc(C(C)C)cc2)cn1.Cl. The molecule has 0 aliphatic rings. The Kier molecular flexibility index (Phi) is 11.2. The Balaban J connectivity index is 0.00000450. The molecule has 1 heterocycles. The first-order valence-electron chi connectivity index (χ1n) is 10.3. The number of halogens is 1. The van der Waals surface area contributed by atoms with Crippen molar-refractivity contribution in [1.82, 2.24) is 9.88 Å². The van der Waals surface area contributed by atoms with E-state index in [4.69, 9.17) is 4.74 Å². The van der Waals surface area contributed by atoms with Gasteiger partial charge in [0.15, 0.2) is 0 Å². The number of hydrogen-bond acceptors (Lipinski definition) is 5. The van der Waals surface area contributed by atoms with Gasteiger partial charge in [-0.15, -0.1) is 12.4 Å². The molecule has 0 atom stereocenters. The summed E-state index contributed by atoms with van der Waals surface area (Å²) in [6, 6.07) is 10.3. The average molecular weight is 456 g/mol. The van der Waals surface area contributed by atoms with E-state index in [1.165, 1.54) is 6.20 Å². The maximum Gasteiger partial charge on any atom is 0.261 e. The van der Waals surface area contributed by atoms with Crippen LogP contribution in [0.2, 0.25) is 0 Å². The minimum absolute atomic E-state index is 0. The lowest BCUT2D eigenvalue weighted by Crippen LogP contribution is -2.30. The summed E-state index contributed by atoms with van der Waals surface area (Å²) in [5.74, 6) is 0.842. The quantitative estimate of drug-likeness (QED) is 0.491. The van der Waals surface area contributed by atoms with Crippen molar-refractivity contribution in [2.45, 2.75) is 51.3 Å². The van der Waals surface area contributed by atoms with Crippen LogP contribution >= 0.6 is 12.4 Å². The van der Waals surface area contributed by atoms with E-state index in [1.807, 2.05) is 12.1 Å². The van der Waals surface area contributed by atoms with Gasteiger partial charge in [0.25, 0.3) is 10.0 Å². The Labute approximate surface area is 187 Å². The highest BCUT2D eigenvalue weighted by molar-refractivity contribution is 7.92. The molecule has 2 aromatic rings. The smallest absolute Gasteiger partial charge is 0.261 e. The molecular weight excluding hydrogens is 422 g/mol.